The summed E-state index contributed by atoms with van der Waals surface area (Å²) < 4.78 is 13.1. The summed E-state index contributed by atoms with van der Waals surface area (Å²) in [5, 5.41) is 10.8. The second kappa shape index (κ2) is 4.21. The van der Waals surface area contributed by atoms with Crippen LogP contribution in [-0.4, -0.2) is 6.41 Å². The van der Waals surface area contributed by atoms with Crippen molar-refractivity contribution >= 4 is 6.41 Å². The maximum atomic E-state index is 13.1. The number of nitrogens with zero attached hydrogens (tertiary/aromatic N) is 1. The molecule has 0 aliphatic heterocycles. The molecule has 0 aliphatic carbocycles. The molecule has 0 unspecified atom stereocenters. The Morgan fingerprint density at radius 2 is 2.38 bits per heavy atom. The van der Waals surface area contributed by atoms with E-state index in [1.54, 1.807) is 0 Å². The minimum Gasteiger partial charge on any atom is -0.354 e. The molecule has 0 bridgehead atoms. The quantitative estimate of drug-likeness (QED) is 0.700. The smallest absolute Gasteiger partial charge is 0.207 e. The number of carbonyl (C=O) groups is 1. The Balaban J connectivity index is 2.86. The van der Waals surface area contributed by atoms with Crippen LogP contribution in [0.4, 0.5) is 4.39 Å². The van der Waals surface area contributed by atoms with Crippen LogP contribution in [-0.2, 0) is 11.3 Å². The lowest BCUT2D eigenvalue weighted by atomic mass is 10.1. The van der Waals surface area contributed by atoms with Crippen LogP contribution in [0.3, 0.4) is 0 Å². The number of amides is 1. The lowest BCUT2D eigenvalue weighted by Crippen LogP contribution is -2.11. The molecule has 1 N–H and O–H groups in total. The zero-order valence-electron chi connectivity index (χ0n) is 6.75. The van der Waals surface area contributed by atoms with Crippen LogP contribution in [0.5, 0.6) is 0 Å². The second-order valence-corrected chi connectivity index (χ2v) is 2.42. The van der Waals surface area contributed by atoms with E-state index in [0.29, 0.717) is 12.0 Å². The van der Waals surface area contributed by atoms with Crippen molar-refractivity contribution in [2.75, 3.05) is 0 Å². The molecule has 0 saturated carbocycles. The molecule has 0 aromatic heterocycles. The number of carbonyl (C=O) groups excluding carboxylic acids is 1. The predicted molar refractivity (Wildman–Crippen MR) is 44.0 cm³/mol. The maximum absolute atomic E-state index is 13.1. The molecule has 0 heterocycles. The number of benzene rings is 1. The van der Waals surface area contributed by atoms with Gasteiger partial charge in [0, 0.05) is 12.1 Å². The summed E-state index contributed by atoms with van der Waals surface area (Å²) in [6.07, 6.45) is 0.498. The summed E-state index contributed by atoms with van der Waals surface area (Å²) in [5.41, 5.74) is 0.637. The Morgan fingerprint density at radius 3 is 2.92 bits per heavy atom. The molecule has 0 atom stereocenters. The Morgan fingerprint density at radius 1 is 1.62 bits per heavy atom. The van der Waals surface area contributed by atoms with Crippen LogP contribution in [0.15, 0.2) is 18.2 Å². The Labute approximate surface area is 74.8 Å². The topological polar surface area (TPSA) is 52.9 Å². The van der Waals surface area contributed by atoms with Gasteiger partial charge in [0.05, 0.1) is 11.6 Å². The summed E-state index contributed by atoms with van der Waals surface area (Å²) in [6, 6.07) is 5.94. The number of hydrogen-bond acceptors (Lipinski definition) is 2. The van der Waals surface area contributed by atoms with Gasteiger partial charge in [-0.05, 0) is 12.1 Å². The first-order valence-corrected chi connectivity index (χ1v) is 3.63. The molecule has 0 fully saturated rings. The average Bonchev–Trinajstić information content (AvgIpc) is 2.16. The van der Waals surface area contributed by atoms with Crippen molar-refractivity contribution in [2.45, 2.75) is 6.54 Å². The summed E-state index contributed by atoms with van der Waals surface area (Å²) in [6.45, 7) is 0.140. The van der Waals surface area contributed by atoms with Crippen LogP contribution in [0, 0.1) is 17.1 Å². The zero-order valence-corrected chi connectivity index (χ0v) is 6.75. The van der Waals surface area contributed by atoms with Crippen LogP contribution in [0.25, 0.3) is 0 Å². The third-order valence-corrected chi connectivity index (χ3v) is 1.56. The molecule has 0 saturated heterocycles. The molecule has 4 heteroatoms. The molecule has 0 aliphatic rings. The Bertz CT molecular complexity index is 357. The second-order valence-electron chi connectivity index (χ2n) is 2.42. The van der Waals surface area contributed by atoms with Gasteiger partial charge in [0.2, 0.25) is 6.41 Å². The van der Waals surface area contributed by atoms with Gasteiger partial charge in [-0.1, -0.05) is 6.07 Å². The standard InChI is InChI=1S/C9H7FN2O/c10-9-3-7(4-11)1-2-8(9)5-12-6-13/h1-3,6H,5H2,(H,12,13). The van der Waals surface area contributed by atoms with Gasteiger partial charge in [-0.25, -0.2) is 4.39 Å². The van der Waals surface area contributed by atoms with Crippen molar-refractivity contribution in [1.82, 2.24) is 5.32 Å². The number of nitriles is 1. The van der Waals surface area contributed by atoms with Gasteiger partial charge < -0.3 is 5.32 Å². The van der Waals surface area contributed by atoms with Crippen molar-refractivity contribution in [3.63, 3.8) is 0 Å². The first kappa shape index (κ1) is 9.20. The van der Waals surface area contributed by atoms with E-state index in [0.717, 1.165) is 6.07 Å². The highest BCUT2D eigenvalue weighted by atomic mass is 19.1. The van der Waals surface area contributed by atoms with E-state index in [1.165, 1.54) is 12.1 Å². The minimum atomic E-state index is -0.478. The molecule has 1 aromatic rings. The zero-order chi connectivity index (χ0) is 9.68. The molecule has 1 aromatic carbocycles. The molecular formula is C9H7FN2O. The van der Waals surface area contributed by atoms with E-state index in [-0.39, 0.29) is 12.1 Å². The van der Waals surface area contributed by atoms with E-state index < -0.39 is 5.82 Å². The first-order chi connectivity index (χ1) is 6.27. The van der Waals surface area contributed by atoms with Crippen molar-refractivity contribution < 1.29 is 9.18 Å². The number of hydrogen-bond donors (Lipinski definition) is 1. The lowest BCUT2D eigenvalue weighted by molar-refractivity contribution is -0.109. The number of nitrogens with one attached hydrogen (secondary N) is 1. The highest BCUT2D eigenvalue weighted by Crippen LogP contribution is 2.09. The van der Waals surface area contributed by atoms with Crippen LogP contribution in [0.1, 0.15) is 11.1 Å². The third-order valence-electron chi connectivity index (χ3n) is 1.56. The van der Waals surface area contributed by atoms with E-state index >= 15 is 0 Å². The van der Waals surface area contributed by atoms with Gasteiger partial charge in [0.15, 0.2) is 0 Å². The van der Waals surface area contributed by atoms with Gasteiger partial charge in [-0.15, -0.1) is 0 Å². The lowest BCUT2D eigenvalue weighted by Gasteiger charge is -2.01. The predicted octanol–water partition coefficient (Wildman–Crippen LogP) is 0.943. The fraction of sp³-hybridized carbons (Fsp3) is 0.111. The highest BCUT2D eigenvalue weighted by molar-refractivity contribution is 5.46. The summed E-state index contributed by atoms with van der Waals surface area (Å²) in [5.74, 6) is -0.478. The Kier molecular flexibility index (Phi) is 2.98. The van der Waals surface area contributed by atoms with Crippen molar-refractivity contribution in [1.29, 1.82) is 5.26 Å². The summed E-state index contributed by atoms with van der Waals surface area (Å²) >= 11 is 0. The summed E-state index contributed by atoms with van der Waals surface area (Å²) in [4.78, 5) is 9.93. The third kappa shape index (κ3) is 2.27. The molecule has 1 amide bonds. The molecule has 0 radical (unpaired) electrons. The number of halogens is 1. The van der Waals surface area contributed by atoms with Crippen LogP contribution in [0.2, 0.25) is 0 Å². The van der Waals surface area contributed by atoms with Crippen molar-refractivity contribution in [2.24, 2.45) is 0 Å². The highest BCUT2D eigenvalue weighted by Gasteiger charge is 2.01. The van der Waals surface area contributed by atoms with E-state index in [2.05, 4.69) is 5.32 Å². The van der Waals surface area contributed by atoms with Crippen LogP contribution >= 0.6 is 0 Å². The minimum absolute atomic E-state index is 0.140. The molecule has 3 nitrogen and oxygen atoms in total. The van der Waals surface area contributed by atoms with E-state index in [9.17, 15) is 9.18 Å². The first-order valence-electron chi connectivity index (χ1n) is 3.63. The van der Waals surface area contributed by atoms with Crippen LogP contribution < -0.4 is 5.32 Å². The van der Waals surface area contributed by atoms with Gasteiger partial charge in [0.1, 0.15) is 5.82 Å². The van der Waals surface area contributed by atoms with E-state index in [4.69, 9.17) is 5.26 Å². The average molecular weight is 178 g/mol. The van der Waals surface area contributed by atoms with Gasteiger partial charge in [-0.3, -0.25) is 4.79 Å². The van der Waals surface area contributed by atoms with Crippen molar-refractivity contribution in [3.8, 4) is 6.07 Å². The molecular weight excluding hydrogens is 171 g/mol. The Hall–Kier alpha value is -1.89. The molecule has 0 spiro atoms. The molecule has 66 valence electrons. The monoisotopic (exact) mass is 178 g/mol. The SMILES string of the molecule is N#Cc1ccc(CNC=O)c(F)c1. The molecule has 13 heavy (non-hydrogen) atoms. The van der Waals surface area contributed by atoms with Gasteiger partial charge in [-0.2, -0.15) is 5.26 Å². The van der Waals surface area contributed by atoms with Gasteiger partial charge >= 0.3 is 0 Å². The van der Waals surface area contributed by atoms with Gasteiger partial charge in [0.25, 0.3) is 0 Å². The number of rotatable bonds is 3. The molecule has 1 rings (SSSR count). The van der Waals surface area contributed by atoms with E-state index in [1.807, 2.05) is 6.07 Å². The van der Waals surface area contributed by atoms with Crippen molar-refractivity contribution in [3.05, 3.63) is 35.1 Å². The fourth-order valence-electron chi connectivity index (χ4n) is 0.912. The largest absolute Gasteiger partial charge is 0.354 e. The summed E-state index contributed by atoms with van der Waals surface area (Å²) in [7, 11) is 0. The fourth-order valence-corrected chi connectivity index (χ4v) is 0.912. The maximum Gasteiger partial charge on any atom is 0.207 e. The normalized spacial score (nSPS) is 8.92.